The second kappa shape index (κ2) is 4.45. The lowest BCUT2D eigenvalue weighted by atomic mass is 9.86. The van der Waals surface area contributed by atoms with E-state index >= 15 is 0 Å². The van der Waals surface area contributed by atoms with Crippen molar-refractivity contribution in [1.82, 2.24) is 0 Å². The number of hydrogen-bond donors (Lipinski definition) is 0. The van der Waals surface area contributed by atoms with E-state index in [2.05, 4.69) is 48.9 Å². The Balaban J connectivity index is 2.88. The van der Waals surface area contributed by atoms with Crippen molar-refractivity contribution in [2.45, 2.75) is 50.8 Å². The van der Waals surface area contributed by atoms with Crippen molar-refractivity contribution < 1.29 is 0 Å². The smallest absolute Gasteiger partial charge is 0.0476 e. The van der Waals surface area contributed by atoms with Crippen LogP contribution in [0.5, 0.6) is 0 Å². The number of halogens is 1. The summed E-state index contributed by atoms with van der Waals surface area (Å²) in [6, 6.07) is 0. The number of alkyl halides is 1. The van der Waals surface area contributed by atoms with Gasteiger partial charge in [-0.1, -0.05) is 60.0 Å². The van der Waals surface area contributed by atoms with Crippen LogP contribution in [0.4, 0.5) is 0 Å². The summed E-state index contributed by atoms with van der Waals surface area (Å²) in [5.41, 5.74) is 3.07. The van der Waals surface area contributed by atoms with E-state index in [1.165, 1.54) is 24.8 Å². The maximum Gasteiger partial charge on any atom is 0.0476 e. The predicted molar refractivity (Wildman–Crippen MR) is 63.3 cm³/mol. The third-order valence-electron chi connectivity index (χ3n) is 2.80. The van der Waals surface area contributed by atoms with Crippen LogP contribution in [0.2, 0.25) is 0 Å². The molecule has 0 aromatic rings. The van der Waals surface area contributed by atoms with E-state index in [9.17, 15) is 0 Å². The molecule has 0 N–H and O–H groups in total. The van der Waals surface area contributed by atoms with Crippen molar-refractivity contribution in [3.63, 3.8) is 0 Å². The van der Waals surface area contributed by atoms with Crippen molar-refractivity contribution >= 4 is 15.9 Å². The molecule has 0 aromatic heterocycles. The minimum absolute atomic E-state index is 0.248. The Kier molecular flexibility index (Phi) is 3.78. The number of hydrogen-bond acceptors (Lipinski definition) is 0. The van der Waals surface area contributed by atoms with Gasteiger partial charge in [0.05, 0.1) is 0 Å². The van der Waals surface area contributed by atoms with Crippen molar-refractivity contribution in [3.8, 4) is 0 Å². The van der Waals surface area contributed by atoms with Crippen LogP contribution in [0, 0.1) is 0 Å². The first-order valence-corrected chi connectivity index (χ1v) is 6.03. The molecule has 0 radical (unpaired) electrons. The Morgan fingerprint density at radius 1 is 1.31 bits per heavy atom. The summed E-state index contributed by atoms with van der Waals surface area (Å²) in [5, 5.41) is 0. The summed E-state index contributed by atoms with van der Waals surface area (Å²) in [5.74, 6) is 0. The highest BCUT2D eigenvalue weighted by atomic mass is 79.9. The van der Waals surface area contributed by atoms with Crippen LogP contribution in [-0.4, -0.2) is 4.32 Å². The monoisotopic (exact) mass is 242 g/mol. The summed E-state index contributed by atoms with van der Waals surface area (Å²) in [4.78, 5) is 0. The van der Waals surface area contributed by atoms with Gasteiger partial charge in [-0.2, -0.15) is 0 Å². The molecule has 1 atom stereocenters. The normalized spacial score (nSPS) is 28.3. The van der Waals surface area contributed by atoms with Crippen LogP contribution in [0.25, 0.3) is 0 Å². The van der Waals surface area contributed by atoms with E-state index in [-0.39, 0.29) is 4.32 Å². The second-order valence-corrected chi connectivity index (χ2v) is 5.37. The summed E-state index contributed by atoms with van der Waals surface area (Å²) in [6.07, 6.45) is 9.46. The Morgan fingerprint density at radius 2 is 2.00 bits per heavy atom. The van der Waals surface area contributed by atoms with Crippen LogP contribution >= 0.6 is 15.9 Å². The van der Waals surface area contributed by atoms with Gasteiger partial charge < -0.3 is 0 Å². The molecule has 0 saturated carbocycles. The maximum atomic E-state index is 3.84. The van der Waals surface area contributed by atoms with Gasteiger partial charge in [0.25, 0.3) is 0 Å². The van der Waals surface area contributed by atoms with E-state index < -0.39 is 0 Å². The van der Waals surface area contributed by atoms with Crippen LogP contribution < -0.4 is 0 Å². The average molecular weight is 243 g/mol. The first-order valence-electron chi connectivity index (χ1n) is 5.23. The van der Waals surface area contributed by atoms with Crippen molar-refractivity contribution in [1.29, 1.82) is 0 Å². The fourth-order valence-corrected chi connectivity index (χ4v) is 2.43. The van der Waals surface area contributed by atoms with E-state index in [0.29, 0.717) is 0 Å². The lowest BCUT2D eigenvalue weighted by molar-refractivity contribution is 0.659. The highest BCUT2D eigenvalue weighted by Gasteiger charge is 2.25. The van der Waals surface area contributed by atoms with Crippen LogP contribution in [0.15, 0.2) is 23.3 Å². The lowest BCUT2D eigenvalue weighted by Gasteiger charge is -2.28. The van der Waals surface area contributed by atoms with E-state index in [1.807, 2.05) is 0 Å². The molecule has 74 valence electrons. The van der Waals surface area contributed by atoms with Gasteiger partial charge in [0.1, 0.15) is 0 Å². The second-order valence-electron chi connectivity index (χ2n) is 3.79. The third kappa shape index (κ3) is 2.70. The Hall–Kier alpha value is -0.0400. The predicted octanol–water partition coefficient (Wildman–Crippen LogP) is 4.61. The van der Waals surface area contributed by atoms with Gasteiger partial charge in [-0.05, 0) is 25.7 Å². The molecule has 1 aliphatic carbocycles. The van der Waals surface area contributed by atoms with Gasteiger partial charge >= 0.3 is 0 Å². The SMILES string of the molecule is CCC1=CC(Br)(CC)CC(CC)=C1. The fraction of sp³-hybridized carbons (Fsp3) is 0.667. The third-order valence-corrected chi connectivity index (χ3v) is 3.87. The van der Waals surface area contributed by atoms with Gasteiger partial charge in [0.15, 0.2) is 0 Å². The summed E-state index contributed by atoms with van der Waals surface area (Å²) in [7, 11) is 0. The first kappa shape index (κ1) is 11.0. The van der Waals surface area contributed by atoms with E-state index in [1.54, 1.807) is 5.57 Å². The van der Waals surface area contributed by atoms with Crippen molar-refractivity contribution in [3.05, 3.63) is 23.3 Å². The van der Waals surface area contributed by atoms with E-state index in [4.69, 9.17) is 0 Å². The number of allylic oxidation sites excluding steroid dienone is 4. The highest BCUT2D eigenvalue weighted by molar-refractivity contribution is 9.10. The van der Waals surface area contributed by atoms with Gasteiger partial charge in [-0.25, -0.2) is 0 Å². The molecule has 0 fully saturated rings. The Labute approximate surface area is 90.2 Å². The quantitative estimate of drug-likeness (QED) is 0.635. The Morgan fingerprint density at radius 3 is 2.46 bits per heavy atom. The Bertz CT molecular complexity index is 238. The molecule has 0 amide bonds. The molecule has 1 aliphatic rings. The van der Waals surface area contributed by atoms with Crippen LogP contribution in [-0.2, 0) is 0 Å². The minimum atomic E-state index is 0.248. The van der Waals surface area contributed by atoms with Gasteiger partial charge in [0.2, 0.25) is 0 Å². The molecule has 0 aromatic carbocycles. The summed E-state index contributed by atoms with van der Waals surface area (Å²) < 4.78 is 0.248. The highest BCUT2D eigenvalue weighted by Crippen LogP contribution is 2.38. The molecule has 0 spiro atoms. The first-order chi connectivity index (χ1) is 6.13. The molecular formula is C12H19Br. The largest absolute Gasteiger partial charge is 0.0804 e. The molecule has 0 saturated heterocycles. The summed E-state index contributed by atoms with van der Waals surface area (Å²) >= 11 is 3.84. The molecule has 0 bridgehead atoms. The molecule has 1 heteroatoms. The topological polar surface area (TPSA) is 0 Å². The average Bonchev–Trinajstić information content (AvgIpc) is 2.17. The fourth-order valence-electron chi connectivity index (χ4n) is 1.77. The van der Waals surface area contributed by atoms with Gasteiger partial charge in [0, 0.05) is 4.32 Å². The van der Waals surface area contributed by atoms with Crippen molar-refractivity contribution in [2.75, 3.05) is 0 Å². The van der Waals surface area contributed by atoms with Crippen LogP contribution in [0.3, 0.4) is 0 Å². The van der Waals surface area contributed by atoms with E-state index in [0.717, 1.165) is 6.42 Å². The molecular weight excluding hydrogens is 224 g/mol. The zero-order chi connectivity index (χ0) is 9.90. The standard InChI is InChI=1S/C12H19Br/c1-4-10-7-11(5-2)9-12(13,6-3)8-10/h7-8H,4-6,9H2,1-3H3. The molecule has 1 rings (SSSR count). The van der Waals surface area contributed by atoms with Crippen LogP contribution in [0.1, 0.15) is 46.5 Å². The molecule has 0 aliphatic heterocycles. The summed E-state index contributed by atoms with van der Waals surface area (Å²) in [6.45, 7) is 6.72. The van der Waals surface area contributed by atoms with Crippen molar-refractivity contribution in [2.24, 2.45) is 0 Å². The van der Waals surface area contributed by atoms with Gasteiger partial charge in [-0.15, -0.1) is 0 Å². The zero-order valence-electron chi connectivity index (χ0n) is 8.86. The van der Waals surface area contributed by atoms with Gasteiger partial charge in [-0.3, -0.25) is 0 Å². The minimum Gasteiger partial charge on any atom is -0.0804 e. The lowest BCUT2D eigenvalue weighted by Crippen LogP contribution is -2.20. The molecule has 1 unspecified atom stereocenters. The molecule has 0 heterocycles. The molecule has 13 heavy (non-hydrogen) atoms. The zero-order valence-corrected chi connectivity index (χ0v) is 10.4. The molecule has 0 nitrogen and oxygen atoms in total. The number of rotatable bonds is 3. The maximum absolute atomic E-state index is 3.84.